The Bertz CT molecular complexity index is 1170. The molecular weight excluding hydrogens is 448 g/mol. The quantitative estimate of drug-likeness (QED) is 0.622. The summed E-state index contributed by atoms with van der Waals surface area (Å²) in [5, 5.41) is 3.06. The first-order chi connectivity index (χ1) is 17.5. The molecule has 5 rings (SSSR count). The fourth-order valence-corrected chi connectivity index (χ4v) is 6.36. The number of benzene rings is 1. The minimum absolute atomic E-state index is 0.105. The van der Waals surface area contributed by atoms with Gasteiger partial charge in [-0.1, -0.05) is 18.2 Å². The molecule has 2 N–H and O–H groups in total. The molecule has 1 aliphatic carbocycles. The number of pyridine rings is 1. The number of fused-ring (bicyclic) bond motifs is 2. The van der Waals surface area contributed by atoms with Gasteiger partial charge in [-0.3, -0.25) is 9.59 Å². The van der Waals surface area contributed by atoms with Crippen molar-refractivity contribution in [3.8, 4) is 0 Å². The van der Waals surface area contributed by atoms with Crippen LogP contribution in [0.1, 0.15) is 78.2 Å². The lowest BCUT2D eigenvalue weighted by molar-refractivity contribution is 0.0866. The molecule has 1 saturated carbocycles. The highest BCUT2D eigenvalue weighted by atomic mass is 16.1. The molecule has 0 atom stereocenters. The van der Waals surface area contributed by atoms with Crippen molar-refractivity contribution < 1.29 is 4.79 Å². The normalized spacial score (nSPS) is 23.8. The molecule has 1 aromatic heterocycles. The highest BCUT2D eigenvalue weighted by molar-refractivity contribution is 5.97. The first-order valence-electron chi connectivity index (χ1n) is 13.8. The molecule has 3 heterocycles. The van der Waals surface area contributed by atoms with E-state index >= 15 is 0 Å². The number of hydrogen-bond donors (Lipinski definition) is 2. The average molecular weight is 489 g/mol. The summed E-state index contributed by atoms with van der Waals surface area (Å²) in [6, 6.07) is 9.45. The number of hydrogen-bond acceptors (Lipinski definition) is 4. The van der Waals surface area contributed by atoms with Crippen LogP contribution in [-0.4, -0.2) is 47.5 Å². The average Bonchev–Trinajstić information content (AvgIpc) is 2.83. The van der Waals surface area contributed by atoms with Gasteiger partial charge in [-0.25, -0.2) is 0 Å². The van der Waals surface area contributed by atoms with Gasteiger partial charge in [0.2, 0.25) is 0 Å². The van der Waals surface area contributed by atoms with Crippen LogP contribution in [0.5, 0.6) is 0 Å². The number of nitrogens with zero attached hydrogens (tertiary/aromatic N) is 2. The number of allylic oxidation sites excluding steroid dienone is 2. The lowest BCUT2D eigenvalue weighted by atomic mass is 9.87. The summed E-state index contributed by atoms with van der Waals surface area (Å²) in [6.07, 6.45) is 13.1. The van der Waals surface area contributed by atoms with E-state index in [0.29, 0.717) is 11.6 Å². The summed E-state index contributed by atoms with van der Waals surface area (Å²) >= 11 is 0. The van der Waals surface area contributed by atoms with Crippen LogP contribution in [0.4, 0.5) is 5.69 Å². The SMILES string of the molecule is CCN(c1cccc2c1C/C=C/CCc1cc(C)[nH]c(=O)c1CNC2=O)C1CCC(N2CCC2)CC1. The summed E-state index contributed by atoms with van der Waals surface area (Å²) in [4.78, 5) is 34.2. The van der Waals surface area contributed by atoms with Crippen molar-refractivity contribution in [3.05, 3.63) is 74.7 Å². The van der Waals surface area contributed by atoms with Gasteiger partial charge < -0.3 is 20.1 Å². The third kappa shape index (κ3) is 5.15. The van der Waals surface area contributed by atoms with E-state index in [2.05, 4.69) is 45.2 Å². The molecule has 3 aliphatic rings. The Labute approximate surface area is 214 Å². The number of carbonyl (C=O) groups is 1. The molecular formula is C30H40N4O2. The van der Waals surface area contributed by atoms with Crippen LogP contribution >= 0.6 is 0 Å². The van der Waals surface area contributed by atoms with Crippen LogP contribution < -0.4 is 15.8 Å². The van der Waals surface area contributed by atoms with Crippen molar-refractivity contribution in [2.24, 2.45) is 0 Å². The molecule has 6 nitrogen and oxygen atoms in total. The van der Waals surface area contributed by atoms with E-state index < -0.39 is 0 Å². The van der Waals surface area contributed by atoms with Crippen molar-refractivity contribution in [2.75, 3.05) is 24.5 Å². The van der Waals surface area contributed by atoms with Gasteiger partial charge in [-0.15, -0.1) is 0 Å². The first kappa shape index (κ1) is 24.8. The number of rotatable bonds is 4. The molecule has 0 radical (unpaired) electrons. The smallest absolute Gasteiger partial charge is 0.253 e. The van der Waals surface area contributed by atoms with Gasteiger partial charge in [0.15, 0.2) is 0 Å². The van der Waals surface area contributed by atoms with Crippen LogP contribution in [0, 0.1) is 6.92 Å². The maximum absolute atomic E-state index is 13.4. The van der Waals surface area contributed by atoms with E-state index in [4.69, 9.17) is 0 Å². The zero-order valence-corrected chi connectivity index (χ0v) is 21.8. The molecule has 1 saturated heterocycles. The monoisotopic (exact) mass is 488 g/mol. The third-order valence-corrected chi connectivity index (χ3v) is 8.42. The van der Waals surface area contributed by atoms with Gasteiger partial charge in [0.05, 0.1) is 0 Å². The third-order valence-electron chi connectivity index (χ3n) is 8.42. The summed E-state index contributed by atoms with van der Waals surface area (Å²) in [5.41, 5.74) is 5.43. The predicted octanol–water partition coefficient (Wildman–Crippen LogP) is 4.50. The van der Waals surface area contributed by atoms with E-state index in [-0.39, 0.29) is 18.0 Å². The number of anilines is 1. The zero-order chi connectivity index (χ0) is 25.1. The Kier molecular flexibility index (Phi) is 7.61. The standard InChI is InChI=1S/C30H40N4O2/c1-3-34(24-15-13-23(14-16-24)33-17-8-18-33)28-12-7-11-26-25(28)10-6-4-5-9-22-19-21(2)32-30(36)27(22)20-31-29(26)35/h4,6-7,11-12,19,23-24H,3,5,8-10,13-18,20H2,1-2H3,(H,31,35)(H,32,36)/b6-4+. The van der Waals surface area contributed by atoms with E-state index in [1.807, 2.05) is 25.1 Å². The highest BCUT2D eigenvalue weighted by Crippen LogP contribution is 2.34. The van der Waals surface area contributed by atoms with Gasteiger partial charge in [-0.2, -0.15) is 0 Å². The van der Waals surface area contributed by atoms with Crippen LogP contribution in [0.3, 0.4) is 0 Å². The fraction of sp³-hybridized carbons (Fsp3) is 0.533. The Morgan fingerprint density at radius 2 is 1.86 bits per heavy atom. The number of aromatic amines is 1. The van der Waals surface area contributed by atoms with Gasteiger partial charge in [0.1, 0.15) is 0 Å². The molecule has 2 aromatic rings. The molecule has 6 heteroatoms. The minimum Gasteiger partial charge on any atom is -0.369 e. The lowest BCUT2D eigenvalue weighted by Crippen LogP contribution is -2.49. The van der Waals surface area contributed by atoms with Crippen LogP contribution in [-0.2, 0) is 19.4 Å². The molecule has 0 spiro atoms. The van der Waals surface area contributed by atoms with E-state index in [0.717, 1.165) is 54.2 Å². The summed E-state index contributed by atoms with van der Waals surface area (Å²) in [5.74, 6) is -0.107. The molecule has 1 amide bonds. The van der Waals surface area contributed by atoms with Crippen LogP contribution in [0.15, 0.2) is 41.2 Å². The van der Waals surface area contributed by atoms with Crippen molar-refractivity contribution in [1.29, 1.82) is 0 Å². The van der Waals surface area contributed by atoms with Gasteiger partial charge in [0, 0.05) is 47.7 Å². The second-order valence-electron chi connectivity index (χ2n) is 10.6. The second-order valence-corrected chi connectivity index (χ2v) is 10.6. The first-order valence-corrected chi connectivity index (χ1v) is 13.8. The molecule has 2 aliphatic heterocycles. The van der Waals surface area contributed by atoms with E-state index in [9.17, 15) is 9.59 Å². The number of carbonyl (C=O) groups excluding carboxylic acids is 1. The van der Waals surface area contributed by atoms with Crippen LogP contribution in [0.25, 0.3) is 0 Å². The second kappa shape index (κ2) is 11.0. The number of nitrogens with one attached hydrogen (secondary N) is 2. The number of likely N-dealkylation sites (tertiary alicyclic amines) is 1. The van der Waals surface area contributed by atoms with Crippen molar-refractivity contribution in [1.82, 2.24) is 15.2 Å². The number of amides is 1. The van der Waals surface area contributed by atoms with Crippen molar-refractivity contribution in [2.45, 2.75) is 83.8 Å². The summed E-state index contributed by atoms with van der Waals surface area (Å²) < 4.78 is 0. The Morgan fingerprint density at radius 1 is 1.06 bits per heavy atom. The van der Waals surface area contributed by atoms with Crippen molar-refractivity contribution >= 4 is 11.6 Å². The summed E-state index contributed by atoms with van der Waals surface area (Å²) in [6.45, 7) is 7.86. The predicted molar refractivity (Wildman–Crippen MR) is 146 cm³/mol. The summed E-state index contributed by atoms with van der Waals surface area (Å²) in [7, 11) is 0. The minimum atomic E-state index is -0.107. The number of aryl methyl sites for hydroxylation is 2. The van der Waals surface area contributed by atoms with Gasteiger partial charge >= 0.3 is 0 Å². The van der Waals surface area contributed by atoms with Crippen molar-refractivity contribution in [3.63, 3.8) is 0 Å². The van der Waals surface area contributed by atoms with E-state index in [1.54, 1.807) is 0 Å². The Balaban J connectivity index is 1.41. The maximum atomic E-state index is 13.4. The molecule has 0 bridgehead atoms. The number of aromatic nitrogens is 1. The molecule has 2 fully saturated rings. The van der Waals surface area contributed by atoms with E-state index in [1.165, 1.54) is 50.9 Å². The molecule has 192 valence electrons. The maximum Gasteiger partial charge on any atom is 0.253 e. The highest BCUT2D eigenvalue weighted by Gasteiger charge is 2.32. The lowest BCUT2D eigenvalue weighted by Gasteiger charge is -2.45. The topological polar surface area (TPSA) is 68.4 Å². The molecule has 36 heavy (non-hydrogen) atoms. The molecule has 1 aromatic carbocycles. The Hall–Kier alpha value is -2.86. The van der Waals surface area contributed by atoms with Gasteiger partial charge in [-0.05, 0) is 108 Å². The van der Waals surface area contributed by atoms with Gasteiger partial charge in [0.25, 0.3) is 11.5 Å². The fourth-order valence-electron chi connectivity index (χ4n) is 6.36. The number of H-pyrrole nitrogens is 1. The molecule has 0 unspecified atom stereocenters. The van der Waals surface area contributed by atoms with Crippen LogP contribution in [0.2, 0.25) is 0 Å². The largest absolute Gasteiger partial charge is 0.369 e. The zero-order valence-electron chi connectivity index (χ0n) is 21.8. The Morgan fingerprint density at radius 3 is 2.58 bits per heavy atom.